The maximum atomic E-state index is 11.7. The van der Waals surface area contributed by atoms with Crippen molar-refractivity contribution in [1.29, 1.82) is 0 Å². The van der Waals surface area contributed by atoms with E-state index in [0.717, 1.165) is 0 Å². The highest BCUT2D eigenvalue weighted by Gasteiger charge is 2.18. The molecule has 0 spiro atoms. The van der Waals surface area contributed by atoms with Crippen LogP contribution in [0.15, 0.2) is 21.4 Å². The van der Waals surface area contributed by atoms with Gasteiger partial charge in [0.2, 0.25) is 5.43 Å². The Labute approximate surface area is 99.1 Å². The Morgan fingerprint density at radius 3 is 2.81 bits per heavy atom. The smallest absolute Gasteiger partial charge is 0.357 e. The summed E-state index contributed by atoms with van der Waals surface area (Å²) in [5, 5.41) is 2.92. The zero-order valence-electron chi connectivity index (χ0n) is 8.70. The lowest BCUT2D eigenvalue weighted by Crippen LogP contribution is -2.13. The second-order valence-corrected chi connectivity index (χ2v) is 4.21. The molecule has 5 nitrogen and oxygen atoms in total. The summed E-state index contributed by atoms with van der Waals surface area (Å²) >= 11 is 3.23. The number of halogens is 1. The Morgan fingerprint density at radius 2 is 2.19 bits per heavy atom. The number of carbonyl (C=O) groups excluding carboxylic acids is 1. The van der Waals surface area contributed by atoms with Crippen LogP contribution in [0.4, 0.5) is 0 Å². The maximum absolute atomic E-state index is 11.7. The van der Waals surface area contributed by atoms with Crippen LogP contribution in [-0.4, -0.2) is 22.7 Å². The predicted octanol–water partition coefficient (Wildman–Crippen LogP) is 1.49. The molecule has 2 aromatic heterocycles. The minimum atomic E-state index is -0.506. The molecule has 0 aliphatic carbocycles. The number of esters is 1. The first-order chi connectivity index (χ1) is 7.54. The zero-order valence-corrected chi connectivity index (χ0v) is 10.3. The molecule has 2 heterocycles. The highest BCUT2D eigenvalue weighted by atomic mass is 79.9. The van der Waals surface area contributed by atoms with E-state index in [1.807, 2.05) is 0 Å². The molecule has 0 unspecified atom stereocenters. The Balaban J connectivity index is 2.89. The van der Waals surface area contributed by atoms with Crippen molar-refractivity contribution in [3.05, 3.63) is 38.2 Å². The number of methoxy groups -OCH3 is 1. The standard InChI is InChI=1S/C10H9BrN2O3/c1-5-3-8(14)7-4-6(11)9(10(15)16-2)13(7)12-5/h3-4,12H,1-2H3. The highest BCUT2D eigenvalue weighted by Crippen LogP contribution is 2.20. The molecule has 84 valence electrons. The van der Waals surface area contributed by atoms with Crippen molar-refractivity contribution in [2.24, 2.45) is 0 Å². The molecule has 0 saturated heterocycles. The Hall–Kier alpha value is -1.56. The monoisotopic (exact) mass is 284 g/mol. The molecule has 0 atom stereocenters. The van der Waals surface area contributed by atoms with E-state index in [-0.39, 0.29) is 11.1 Å². The Bertz CT molecular complexity index is 627. The SMILES string of the molecule is COC(=O)c1c(Br)cc2c(=O)cc(C)[nH]n12. The number of aryl methyl sites for hydroxylation is 1. The second-order valence-electron chi connectivity index (χ2n) is 3.36. The van der Waals surface area contributed by atoms with E-state index in [1.54, 1.807) is 13.0 Å². The van der Waals surface area contributed by atoms with Gasteiger partial charge in [-0.1, -0.05) is 0 Å². The third-order valence-electron chi connectivity index (χ3n) is 2.22. The van der Waals surface area contributed by atoms with Gasteiger partial charge < -0.3 is 4.74 Å². The topological polar surface area (TPSA) is 63.6 Å². The molecule has 2 aromatic rings. The van der Waals surface area contributed by atoms with Crippen molar-refractivity contribution >= 4 is 27.4 Å². The summed E-state index contributed by atoms with van der Waals surface area (Å²) in [7, 11) is 1.29. The van der Waals surface area contributed by atoms with E-state index < -0.39 is 5.97 Å². The highest BCUT2D eigenvalue weighted by molar-refractivity contribution is 9.10. The summed E-state index contributed by atoms with van der Waals surface area (Å²) in [6.45, 7) is 1.75. The summed E-state index contributed by atoms with van der Waals surface area (Å²) < 4.78 is 6.60. The number of hydrogen-bond acceptors (Lipinski definition) is 3. The van der Waals surface area contributed by atoms with Gasteiger partial charge in [-0.15, -0.1) is 0 Å². The first-order valence-electron chi connectivity index (χ1n) is 4.54. The molecular formula is C10H9BrN2O3. The Kier molecular flexibility index (Phi) is 2.59. The Morgan fingerprint density at radius 1 is 1.50 bits per heavy atom. The van der Waals surface area contributed by atoms with E-state index in [2.05, 4.69) is 25.8 Å². The molecular weight excluding hydrogens is 276 g/mol. The van der Waals surface area contributed by atoms with Crippen LogP contribution in [0.2, 0.25) is 0 Å². The van der Waals surface area contributed by atoms with Gasteiger partial charge in [-0.3, -0.25) is 9.89 Å². The van der Waals surface area contributed by atoms with Crippen molar-refractivity contribution in [3.8, 4) is 0 Å². The van der Waals surface area contributed by atoms with E-state index >= 15 is 0 Å². The normalized spacial score (nSPS) is 10.7. The molecule has 0 amide bonds. The number of nitrogens with zero attached hydrogens (tertiary/aromatic N) is 1. The zero-order chi connectivity index (χ0) is 11.9. The van der Waals surface area contributed by atoms with Gasteiger partial charge in [0.25, 0.3) is 0 Å². The molecule has 0 aliphatic heterocycles. The fraction of sp³-hybridized carbons (Fsp3) is 0.200. The molecule has 0 aliphatic rings. The molecule has 0 fully saturated rings. The largest absolute Gasteiger partial charge is 0.464 e. The second kappa shape index (κ2) is 3.79. The fourth-order valence-corrected chi connectivity index (χ4v) is 2.10. The van der Waals surface area contributed by atoms with Crippen LogP contribution in [0.3, 0.4) is 0 Å². The van der Waals surface area contributed by atoms with Gasteiger partial charge in [-0.25, -0.2) is 9.31 Å². The van der Waals surface area contributed by atoms with Crippen LogP contribution in [0.25, 0.3) is 5.52 Å². The van der Waals surface area contributed by atoms with E-state index in [0.29, 0.717) is 15.7 Å². The van der Waals surface area contributed by atoms with Crippen LogP contribution in [0, 0.1) is 6.92 Å². The van der Waals surface area contributed by atoms with Crippen molar-refractivity contribution in [2.45, 2.75) is 6.92 Å². The molecule has 0 radical (unpaired) electrons. The lowest BCUT2D eigenvalue weighted by atomic mass is 10.4. The molecule has 6 heteroatoms. The first-order valence-corrected chi connectivity index (χ1v) is 5.33. The number of carbonyl (C=O) groups is 1. The number of rotatable bonds is 1. The third kappa shape index (κ3) is 1.55. The van der Waals surface area contributed by atoms with Crippen molar-refractivity contribution < 1.29 is 9.53 Å². The van der Waals surface area contributed by atoms with Crippen LogP contribution < -0.4 is 5.43 Å². The lowest BCUT2D eigenvalue weighted by Gasteiger charge is -2.02. The van der Waals surface area contributed by atoms with Crippen LogP contribution in [0.1, 0.15) is 16.2 Å². The van der Waals surface area contributed by atoms with Gasteiger partial charge in [0.15, 0.2) is 5.69 Å². The minimum Gasteiger partial charge on any atom is -0.464 e. The summed E-state index contributed by atoms with van der Waals surface area (Å²) in [6, 6.07) is 3.06. The number of aromatic nitrogens is 2. The van der Waals surface area contributed by atoms with E-state index in [9.17, 15) is 9.59 Å². The predicted molar refractivity (Wildman–Crippen MR) is 61.8 cm³/mol. The van der Waals surface area contributed by atoms with Crippen molar-refractivity contribution in [2.75, 3.05) is 7.11 Å². The number of aromatic amines is 1. The lowest BCUT2D eigenvalue weighted by molar-refractivity contribution is 0.0590. The number of fused-ring (bicyclic) bond motifs is 1. The van der Waals surface area contributed by atoms with Crippen LogP contribution in [-0.2, 0) is 4.74 Å². The third-order valence-corrected chi connectivity index (χ3v) is 2.83. The fourth-order valence-electron chi connectivity index (χ4n) is 1.54. The first kappa shape index (κ1) is 10.9. The average molecular weight is 285 g/mol. The summed E-state index contributed by atoms with van der Waals surface area (Å²) in [4.78, 5) is 23.2. The average Bonchev–Trinajstić information content (AvgIpc) is 2.54. The van der Waals surface area contributed by atoms with Gasteiger partial charge in [0.1, 0.15) is 5.52 Å². The minimum absolute atomic E-state index is 0.146. The van der Waals surface area contributed by atoms with Crippen LogP contribution in [0.5, 0.6) is 0 Å². The van der Waals surface area contributed by atoms with Crippen LogP contribution >= 0.6 is 15.9 Å². The number of H-pyrrole nitrogens is 1. The molecule has 0 aromatic carbocycles. The maximum Gasteiger partial charge on any atom is 0.357 e. The van der Waals surface area contributed by atoms with Gasteiger partial charge in [0.05, 0.1) is 11.6 Å². The quantitative estimate of drug-likeness (QED) is 0.807. The van der Waals surface area contributed by atoms with Gasteiger partial charge in [-0.05, 0) is 28.9 Å². The molecule has 1 N–H and O–H groups in total. The van der Waals surface area contributed by atoms with Gasteiger partial charge >= 0.3 is 5.97 Å². The van der Waals surface area contributed by atoms with Crippen molar-refractivity contribution in [1.82, 2.24) is 9.61 Å². The summed E-state index contributed by atoms with van der Waals surface area (Å²) in [6.07, 6.45) is 0. The number of hydrogen-bond donors (Lipinski definition) is 1. The molecule has 0 bridgehead atoms. The summed E-state index contributed by atoms with van der Waals surface area (Å²) in [5.74, 6) is -0.506. The molecule has 16 heavy (non-hydrogen) atoms. The van der Waals surface area contributed by atoms with E-state index in [1.165, 1.54) is 17.7 Å². The van der Waals surface area contributed by atoms with Crippen molar-refractivity contribution in [3.63, 3.8) is 0 Å². The molecule has 0 saturated carbocycles. The molecule has 2 rings (SSSR count). The summed E-state index contributed by atoms with van der Waals surface area (Å²) in [5.41, 5.74) is 1.20. The van der Waals surface area contributed by atoms with Gasteiger partial charge in [0, 0.05) is 11.8 Å². The number of ether oxygens (including phenoxy) is 1. The van der Waals surface area contributed by atoms with Gasteiger partial charge in [-0.2, -0.15) is 0 Å². The van der Waals surface area contributed by atoms with E-state index in [4.69, 9.17) is 0 Å². The number of nitrogens with one attached hydrogen (secondary N) is 1.